The van der Waals surface area contributed by atoms with Gasteiger partial charge < -0.3 is 14.8 Å². The normalized spacial score (nSPS) is 10.9. The number of methoxy groups -OCH3 is 1. The Morgan fingerprint density at radius 1 is 1.29 bits per heavy atom. The van der Waals surface area contributed by atoms with E-state index in [0.717, 1.165) is 38.2 Å². The molecular weight excluding hydrogens is 218 g/mol. The molecule has 1 rings (SSSR count). The number of rotatable bonds is 10. The second kappa shape index (κ2) is 9.15. The minimum atomic E-state index is 0.678. The van der Waals surface area contributed by atoms with Crippen LogP contribution in [0.25, 0.3) is 0 Å². The summed E-state index contributed by atoms with van der Waals surface area (Å²) in [5.74, 6) is 0. The molecule has 0 spiro atoms. The highest BCUT2D eigenvalue weighted by atomic mass is 16.5. The maximum Gasteiger partial charge on any atom is 0.0762 e. The molecule has 0 saturated heterocycles. The summed E-state index contributed by atoms with van der Waals surface area (Å²) in [6.45, 7) is 4.03. The molecule has 1 N–H and O–H groups in total. The lowest BCUT2D eigenvalue weighted by molar-refractivity contribution is 0.0688. The minimum Gasteiger partial charge on any atom is -0.382 e. The van der Waals surface area contributed by atoms with Gasteiger partial charge in [0.25, 0.3) is 0 Å². The van der Waals surface area contributed by atoms with Gasteiger partial charge in [-0.1, -0.05) is 0 Å². The molecule has 0 saturated carbocycles. The monoisotopic (exact) mass is 241 g/mol. The van der Waals surface area contributed by atoms with Gasteiger partial charge in [0.2, 0.25) is 0 Å². The molecular formula is C12H23N3O2. The fourth-order valence-electron chi connectivity index (χ4n) is 1.47. The van der Waals surface area contributed by atoms with Gasteiger partial charge >= 0.3 is 0 Å². The second-order valence-electron chi connectivity index (χ2n) is 3.97. The Balaban J connectivity index is 1.84. The SMILES string of the molecule is COCCOCCCCNCc1ccn(C)n1. The predicted molar refractivity (Wildman–Crippen MR) is 66.8 cm³/mol. The lowest BCUT2D eigenvalue weighted by Gasteiger charge is -2.04. The molecule has 1 heterocycles. The number of hydrogen-bond acceptors (Lipinski definition) is 4. The van der Waals surface area contributed by atoms with Gasteiger partial charge in [0.05, 0.1) is 18.9 Å². The van der Waals surface area contributed by atoms with Gasteiger partial charge in [-0.2, -0.15) is 5.10 Å². The van der Waals surface area contributed by atoms with Crippen LogP contribution in [-0.4, -0.2) is 43.3 Å². The summed E-state index contributed by atoms with van der Waals surface area (Å²) in [5, 5.41) is 7.65. The van der Waals surface area contributed by atoms with Crippen molar-refractivity contribution in [2.75, 3.05) is 33.5 Å². The van der Waals surface area contributed by atoms with Crippen LogP contribution in [0, 0.1) is 0 Å². The van der Waals surface area contributed by atoms with Crippen LogP contribution in [0.2, 0.25) is 0 Å². The third kappa shape index (κ3) is 7.10. The largest absolute Gasteiger partial charge is 0.382 e. The third-order valence-corrected chi connectivity index (χ3v) is 2.40. The Hall–Kier alpha value is -0.910. The van der Waals surface area contributed by atoms with E-state index in [0.29, 0.717) is 13.2 Å². The number of unbranched alkanes of at least 4 members (excludes halogenated alkanes) is 1. The zero-order chi connectivity index (χ0) is 12.3. The van der Waals surface area contributed by atoms with Gasteiger partial charge in [0, 0.05) is 33.5 Å². The van der Waals surface area contributed by atoms with E-state index in [1.807, 2.05) is 24.0 Å². The number of ether oxygens (including phenoxy) is 2. The van der Waals surface area contributed by atoms with Crippen molar-refractivity contribution in [1.82, 2.24) is 15.1 Å². The Kier molecular flexibility index (Phi) is 7.62. The third-order valence-electron chi connectivity index (χ3n) is 2.40. The van der Waals surface area contributed by atoms with E-state index >= 15 is 0 Å². The molecule has 98 valence electrons. The lowest BCUT2D eigenvalue weighted by atomic mass is 10.3. The molecule has 17 heavy (non-hydrogen) atoms. The van der Waals surface area contributed by atoms with Crippen LogP contribution in [0.1, 0.15) is 18.5 Å². The molecule has 0 aromatic carbocycles. The lowest BCUT2D eigenvalue weighted by Crippen LogP contribution is -2.16. The molecule has 0 unspecified atom stereocenters. The Labute approximate surface area is 103 Å². The van der Waals surface area contributed by atoms with Crippen molar-refractivity contribution in [2.24, 2.45) is 7.05 Å². The summed E-state index contributed by atoms with van der Waals surface area (Å²) in [5.41, 5.74) is 1.09. The highest BCUT2D eigenvalue weighted by Crippen LogP contribution is 1.94. The Bertz CT molecular complexity index is 289. The smallest absolute Gasteiger partial charge is 0.0762 e. The number of aromatic nitrogens is 2. The average molecular weight is 241 g/mol. The van der Waals surface area contributed by atoms with Crippen molar-refractivity contribution in [3.8, 4) is 0 Å². The molecule has 0 amide bonds. The van der Waals surface area contributed by atoms with Crippen molar-refractivity contribution in [3.05, 3.63) is 18.0 Å². The molecule has 0 atom stereocenters. The van der Waals surface area contributed by atoms with E-state index in [-0.39, 0.29) is 0 Å². The summed E-state index contributed by atoms with van der Waals surface area (Å²) in [6, 6.07) is 2.03. The molecule has 0 radical (unpaired) electrons. The molecule has 5 heteroatoms. The summed E-state index contributed by atoms with van der Waals surface area (Å²) in [7, 11) is 3.62. The van der Waals surface area contributed by atoms with E-state index < -0.39 is 0 Å². The number of hydrogen-bond donors (Lipinski definition) is 1. The fraction of sp³-hybridized carbons (Fsp3) is 0.750. The van der Waals surface area contributed by atoms with Gasteiger partial charge in [0.1, 0.15) is 0 Å². The highest BCUT2D eigenvalue weighted by molar-refractivity contribution is 4.97. The first-order valence-corrected chi connectivity index (χ1v) is 6.09. The molecule has 5 nitrogen and oxygen atoms in total. The zero-order valence-corrected chi connectivity index (χ0v) is 10.8. The Morgan fingerprint density at radius 2 is 2.18 bits per heavy atom. The first-order chi connectivity index (χ1) is 8.33. The van der Waals surface area contributed by atoms with Gasteiger partial charge in [-0.25, -0.2) is 0 Å². The van der Waals surface area contributed by atoms with Crippen molar-refractivity contribution >= 4 is 0 Å². The van der Waals surface area contributed by atoms with Crippen molar-refractivity contribution in [2.45, 2.75) is 19.4 Å². The maximum absolute atomic E-state index is 5.37. The zero-order valence-electron chi connectivity index (χ0n) is 10.8. The van der Waals surface area contributed by atoms with Gasteiger partial charge in [0.15, 0.2) is 0 Å². The van der Waals surface area contributed by atoms with Crippen molar-refractivity contribution in [3.63, 3.8) is 0 Å². The number of aryl methyl sites for hydroxylation is 1. The maximum atomic E-state index is 5.37. The van der Waals surface area contributed by atoms with E-state index in [1.54, 1.807) is 7.11 Å². The van der Waals surface area contributed by atoms with Gasteiger partial charge in [-0.3, -0.25) is 4.68 Å². The standard InChI is InChI=1S/C12H23N3O2/c1-15-7-5-12(14-15)11-13-6-3-4-8-17-10-9-16-2/h5,7,13H,3-4,6,8-11H2,1-2H3. The van der Waals surface area contributed by atoms with Crippen molar-refractivity contribution in [1.29, 1.82) is 0 Å². The highest BCUT2D eigenvalue weighted by Gasteiger charge is 1.95. The first-order valence-electron chi connectivity index (χ1n) is 6.09. The Morgan fingerprint density at radius 3 is 2.88 bits per heavy atom. The quantitative estimate of drug-likeness (QED) is 0.620. The van der Waals surface area contributed by atoms with Crippen LogP contribution >= 0.6 is 0 Å². The fourth-order valence-corrected chi connectivity index (χ4v) is 1.47. The average Bonchev–Trinajstić information content (AvgIpc) is 2.73. The molecule has 0 fully saturated rings. The van der Waals surface area contributed by atoms with E-state index in [2.05, 4.69) is 10.4 Å². The van der Waals surface area contributed by atoms with Crippen LogP contribution < -0.4 is 5.32 Å². The summed E-state index contributed by atoms with van der Waals surface area (Å²) in [4.78, 5) is 0. The summed E-state index contributed by atoms with van der Waals surface area (Å²) in [6.07, 6.45) is 4.17. The molecule has 1 aromatic heterocycles. The van der Waals surface area contributed by atoms with Crippen molar-refractivity contribution < 1.29 is 9.47 Å². The van der Waals surface area contributed by atoms with E-state index in [1.165, 1.54) is 0 Å². The number of nitrogens with zero attached hydrogens (tertiary/aromatic N) is 2. The van der Waals surface area contributed by atoms with E-state index in [4.69, 9.17) is 9.47 Å². The molecule has 0 aliphatic heterocycles. The van der Waals surface area contributed by atoms with Crippen LogP contribution in [0.3, 0.4) is 0 Å². The van der Waals surface area contributed by atoms with Crippen LogP contribution in [0.15, 0.2) is 12.3 Å². The molecule has 0 aliphatic rings. The van der Waals surface area contributed by atoms with Gasteiger partial charge in [-0.05, 0) is 25.5 Å². The summed E-state index contributed by atoms with van der Waals surface area (Å²) < 4.78 is 12.1. The predicted octanol–water partition coefficient (Wildman–Crippen LogP) is 0.953. The van der Waals surface area contributed by atoms with Crippen LogP contribution in [0.5, 0.6) is 0 Å². The number of nitrogens with one attached hydrogen (secondary N) is 1. The minimum absolute atomic E-state index is 0.678. The second-order valence-corrected chi connectivity index (χ2v) is 3.97. The molecule has 1 aromatic rings. The summed E-state index contributed by atoms with van der Waals surface area (Å²) >= 11 is 0. The van der Waals surface area contributed by atoms with E-state index in [9.17, 15) is 0 Å². The topological polar surface area (TPSA) is 48.3 Å². The molecule has 0 bridgehead atoms. The van der Waals surface area contributed by atoms with Crippen LogP contribution in [-0.2, 0) is 23.1 Å². The molecule has 0 aliphatic carbocycles. The first kappa shape index (κ1) is 14.2. The van der Waals surface area contributed by atoms with Gasteiger partial charge in [-0.15, -0.1) is 0 Å². The van der Waals surface area contributed by atoms with Crippen LogP contribution in [0.4, 0.5) is 0 Å².